The number of benzene rings is 2. The fourth-order valence-electron chi connectivity index (χ4n) is 4.43. The van der Waals surface area contributed by atoms with E-state index in [0.717, 1.165) is 19.2 Å². The van der Waals surface area contributed by atoms with Gasteiger partial charge >= 0.3 is 18.1 Å². The maximum atomic E-state index is 14.0. The third-order valence-corrected chi connectivity index (χ3v) is 6.50. The lowest BCUT2D eigenvalue weighted by molar-refractivity contribution is -0.384. The number of aliphatic hydroxyl groups excluding tert-OH is 1. The zero-order valence-electron chi connectivity index (χ0n) is 25.0. The van der Waals surface area contributed by atoms with Crippen molar-refractivity contribution in [3.8, 4) is 11.5 Å². The highest BCUT2D eigenvalue weighted by molar-refractivity contribution is 6.00. The number of alkyl halides is 3. The number of nitro groups is 1. The first kappa shape index (κ1) is 34.9. The number of halogens is 3. The number of nitrogens with one attached hydrogen (secondary N) is 2. The molecule has 0 fully saturated rings. The van der Waals surface area contributed by atoms with E-state index in [1.54, 1.807) is 24.3 Å². The zero-order chi connectivity index (χ0) is 33.3. The summed E-state index contributed by atoms with van der Waals surface area (Å²) < 4.78 is 63.2. The molecule has 1 aliphatic rings. The second-order valence-electron chi connectivity index (χ2n) is 10.2. The van der Waals surface area contributed by atoms with Gasteiger partial charge in [0.25, 0.3) is 5.69 Å². The molecule has 2 aromatic carbocycles. The summed E-state index contributed by atoms with van der Waals surface area (Å²) >= 11 is 0. The minimum absolute atomic E-state index is 0.0780. The second kappa shape index (κ2) is 15.4. The van der Waals surface area contributed by atoms with Gasteiger partial charge in [0, 0.05) is 30.4 Å². The monoisotopic (exact) mass is 637 g/mol. The molecule has 12 nitrogen and oxygen atoms in total. The molecule has 0 saturated heterocycles. The molecular weight excluding hydrogens is 603 g/mol. The van der Waals surface area contributed by atoms with Crippen molar-refractivity contribution in [2.24, 2.45) is 0 Å². The van der Waals surface area contributed by atoms with E-state index in [0.29, 0.717) is 18.0 Å². The van der Waals surface area contributed by atoms with Gasteiger partial charge in [-0.1, -0.05) is 26.0 Å². The predicted octanol–water partition coefficient (Wildman–Crippen LogP) is 3.90. The maximum Gasteiger partial charge on any atom is 0.431 e. The summed E-state index contributed by atoms with van der Waals surface area (Å²) in [6.07, 6.45) is -5.76. The minimum atomic E-state index is -5.06. The Morgan fingerprint density at radius 3 is 2.27 bits per heavy atom. The van der Waals surface area contributed by atoms with E-state index in [-0.39, 0.29) is 42.7 Å². The molecule has 2 aromatic rings. The van der Waals surface area contributed by atoms with Gasteiger partial charge in [-0.3, -0.25) is 10.1 Å². The number of aliphatic hydroxyl groups is 1. The Hall–Kier alpha value is -4.63. The van der Waals surface area contributed by atoms with E-state index in [9.17, 15) is 38.0 Å². The number of carbonyl (C=O) groups is 2. The van der Waals surface area contributed by atoms with Crippen LogP contribution in [0.25, 0.3) is 0 Å². The van der Waals surface area contributed by atoms with Crippen molar-refractivity contribution in [1.29, 1.82) is 0 Å². The van der Waals surface area contributed by atoms with Crippen LogP contribution in [-0.2, 0) is 19.1 Å². The zero-order valence-corrected chi connectivity index (χ0v) is 25.0. The molecule has 45 heavy (non-hydrogen) atoms. The highest BCUT2D eigenvalue weighted by Gasteiger charge is 2.47. The summed E-state index contributed by atoms with van der Waals surface area (Å²) in [6, 6.07) is 11.2. The molecule has 244 valence electrons. The topological polar surface area (TPSA) is 158 Å². The average molecular weight is 638 g/mol. The lowest BCUT2D eigenvalue weighted by Crippen LogP contribution is -2.38. The van der Waals surface area contributed by atoms with Crippen molar-refractivity contribution in [2.75, 3.05) is 33.5 Å². The van der Waals surface area contributed by atoms with Gasteiger partial charge in [0.1, 0.15) is 43.1 Å². The summed E-state index contributed by atoms with van der Waals surface area (Å²) in [5.74, 6) is -3.27. The number of methoxy groups -OCH3 is 1. The maximum absolute atomic E-state index is 14.0. The molecule has 0 bridgehead atoms. The van der Waals surface area contributed by atoms with Crippen LogP contribution in [-0.4, -0.2) is 73.8 Å². The first-order valence-corrected chi connectivity index (χ1v) is 13.8. The number of nitro benzene ring substituents is 1. The van der Waals surface area contributed by atoms with Crippen LogP contribution in [0.3, 0.4) is 0 Å². The Morgan fingerprint density at radius 2 is 1.69 bits per heavy atom. The lowest BCUT2D eigenvalue weighted by Gasteiger charge is -2.31. The van der Waals surface area contributed by atoms with E-state index in [4.69, 9.17) is 14.2 Å². The van der Waals surface area contributed by atoms with Crippen LogP contribution >= 0.6 is 0 Å². The van der Waals surface area contributed by atoms with Gasteiger partial charge < -0.3 is 34.7 Å². The number of hydrogen-bond donors (Lipinski definition) is 3. The SMILES string of the molecule is COC(=O)C1=C(C(F)(F)F)NC(C)=C(C(=O)OCCOc2ccc(OCC(O)CNC(C)C)cc2)C1c1cccc([N+](=O)[O-])c1. The number of rotatable bonds is 14. The number of allylic oxidation sites excluding steroid dienone is 2. The Morgan fingerprint density at radius 1 is 1.04 bits per heavy atom. The molecule has 3 rings (SSSR count). The number of ether oxygens (including phenoxy) is 4. The number of dihydropyridines is 1. The van der Waals surface area contributed by atoms with E-state index in [1.807, 2.05) is 13.8 Å². The van der Waals surface area contributed by atoms with Crippen LogP contribution in [0.4, 0.5) is 18.9 Å². The Bertz CT molecular complexity index is 1440. The van der Waals surface area contributed by atoms with Crippen LogP contribution < -0.4 is 20.1 Å². The van der Waals surface area contributed by atoms with E-state index in [1.165, 1.54) is 19.1 Å². The first-order valence-electron chi connectivity index (χ1n) is 13.8. The Balaban J connectivity index is 1.73. The number of esters is 2. The van der Waals surface area contributed by atoms with Crippen molar-refractivity contribution in [1.82, 2.24) is 10.6 Å². The normalized spacial score (nSPS) is 15.8. The summed E-state index contributed by atoms with van der Waals surface area (Å²) in [7, 11) is 0.877. The number of hydrogen-bond acceptors (Lipinski definition) is 11. The molecule has 1 heterocycles. The molecule has 0 saturated carbocycles. The van der Waals surface area contributed by atoms with E-state index in [2.05, 4.69) is 15.4 Å². The van der Waals surface area contributed by atoms with Gasteiger partial charge in [0.15, 0.2) is 0 Å². The van der Waals surface area contributed by atoms with Gasteiger partial charge in [-0.25, -0.2) is 9.59 Å². The van der Waals surface area contributed by atoms with Crippen molar-refractivity contribution in [3.05, 3.63) is 86.7 Å². The van der Waals surface area contributed by atoms with E-state index >= 15 is 0 Å². The van der Waals surface area contributed by atoms with Gasteiger partial charge in [0.05, 0.1) is 29.1 Å². The molecular formula is C30H34F3N3O9. The third-order valence-electron chi connectivity index (χ3n) is 6.50. The second-order valence-corrected chi connectivity index (χ2v) is 10.2. The fourth-order valence-corrected chi connectivity index (χ4v) is 4.43. The summed E-state index contributed by atoms with van der Waals surface area (Å²) in [5, 5.41) is 26.5. The van der Waals surface area contributed by atoms with Crippen molar-refractivity contribution in [2.45, 2.75) is 45.0 Å². The fraction of sp³-hybridized carbons (Fsp3) is 0.400. The predicted molar refractivity (Wildman–Crippen MR) is 154 cm³/mol. The van der Waals surface area contributed by atoms with E-state index < -0.39 is 52.0 Å². The van der Waals surface area contributed by atoms with Crippen molar-refractivity contribution in [3.63, 3.8) is 0 Å². The molecule has 2 unspecified atom stereocenters. The molecule has 15 heteroatoms. The Labute approximate surface area is 256 Å². The summed E-state index contributed by atoms with van der Waals surface area (Å²) in [5.41, 5.74) is -3.63. The number of nitrogens with zero attached hydrogens (tertiary/aromatic N) is 1. The molecule has 2 atom stereocenters. The van der Waals surface area contributed by atoms with Crippen molar-refractivity contribution < 1.29 is 51.7 Å². The van der Waals surface area contributed by atoms with Crippen LogP contribution in [0.2, 0.25) is 0 Å². The number of carbonyl (C=O) groups excluding carboxylic acids is 2. The molecule has 0 aromatic heterocycles. The van der Waals surface area contributed by atoms with Crippen LogP contribution in [0.1, 0.15) is 32.3 Å². The summed E-state index contributed by atoms with van der Waals surface area (Å²) in [4.78, 5) is 36.6. The highest BCUT2D eigenvalue weighted by Crippen LogP contribution is 2.44. The minimum Gasteiger partial charge on any atom is -0.491 e. The van der Waals surface area contributed by atoms with Crippen LogP contribution in [0, 0.1) is 10.1 Å². The van der Waals surface area contributed by atoms with Crippen LogP contribution in [0.5, 0.6) is 11.5 Å². The van der Waals surface area contributed by atoms with Crippen molar-refractivity contribution >= 4 is 17.6 Å². The standard InChI is InChI=1S/C30H34F3N3O9/c1-17(2)34-15-21(37)16-45-23-10-8-22(9-11-23)43-12-13-44-29(39)24-18(3)35-27(30(31,32)33)26(28(38)42-4)25(24)19-6-5-7-20(14-19)36(40)41/h5-11,14,17,21,25,34-35,37H,12-13,15-16H2,1-4H3. The summed E-state index contributed by atoms with van der Waals surface area (Å²) in [6.45, 7) is 5.10. The molecule has 0 spiro atoms. The number of non-ortho nitro benzene ring substituents is 1. The van der Waals surface area contributed by atoms with Crippen LogP contribution in [0.15, 0.2) is 71.1 Å². The Kier molecular flexibility index (Phi) is 11.9. The smallest absolute Gasteiger partial charge is 0.431 e. The molecule has 3 N–H and O–H groups in total. The highest BCUT2D eigenvalue weighted by atomic mass is 19.4. The van der Waals surface area contributed by atoms with Gasteiger partial charge in [-0.2, -0.15) is 13.2 Å². The third kappa shape index (κ3) is 9.43. The van der Waals surface area contributed by atoms with Gasteiger partial charge in [-0.05, 0) is 36.8 Å². The average Bonchev–Trinajstić information content (AvgIpc) is 3.00. The lowest BCUT2D eigenvalue weighted by atomic mass is 9.80. The van der Waals surface area contributed by atoms with Gasteiger partial charge in [-0.15, -0.1) is 0 Å². The van der Waals surface area contributed by atoms with Gasteiger partial charge in [0.2, 0.25) is 0 Å². The molecule has 0 aliphatic carbocycles. The molecule has 1 aliphatic heterocycles. The largest absolute Gasteiger partial charge is 0.491 e. The first-order chi connectivity index (χ1) is 21.2. The molecule has 0 radical (unpaired) electrons. The quantitative estimate of drug-likeness (QED) is 0.119. The molecule has 0 amide bonds.